The SMILES string of the molecule is Cc1nn([C@H](C)CN)c(C)c1C. The summed E-state index contributed by atoms with van der Waals surface area (Å²) in [5, 5.41) is 4.42. The normalized spacial score (nSPS) is 13.4. The second kappa shape index (κ2) is 3.27. The van der Waals surface area contributed by atoms with Crippen LogP contribution >= 0.6 is 0 Å². The smallest absolute Gasteiger partial charge is 0.0625 e. The van der Waals surface area contributed by atoms with E-state index in [0.717, 1.165) is 5.69 Å². The van der Waals surface area contributed by atoms with Crippen LogP contribution in [-0.4, -0.2) is 16.3 Å². The lowest BCUT2D eigenvalue weighted by molar-refractivity contribution is 0.486. The first kappa shape index (κ1) is 9.26. The van der Waals surface area contributed by atoms with Crippen molar-refractivity contribution in [1.29, 1.82) is 0 Å². The van der Waals surface area contributed by atoms with Gasteiger partial charge in [0.05, 0.1) is 11.7 Å². The van der Waals surface area contributed by atoms with Gasteiger partial charge in [0.25, 0.3) is 0 Å². The lowest BCUT2D eigenvalue weighted by atomic mass is 10.2. The van der Waals surface area contributed by atoms with Gasteiger partial charge in [-0.3, -0.25) is 4.68 Å². The van der Waals surface area contributed by atoms with Gasteiger partial charge in [0.15, 0.2) is 0 Å². The lowest BCUT2D eigenvalue weighted by Crippen LogP contribution is -2.18. The first-order chi connectivity index (χ1) is 5.57. The molecule has 0 aliphatic rings. The average Bonchev–Trinajstić information content (AvgIpc) is 2.32. The predicted molar refractivity (Wildman–Crippen MR) is 50.2 cm³/mol. The first-order valence-electron chi connectivity index (χ1n) is 4.30. The molecule has 0 bridgehead atoms. The molecule has 1 aromatic heterocycles. The van der Waals surface area contributed by atoms with Crippen LogP contribution < -0.4 is 5.73 Å². The highest BCUT2D eigenvalue weighted by Crippen LogP contribution is 2.14. The van der Waals surface area contributed by atoms with Crippen molar-refractivity contribution in [2.45, 2.75) is 33.7 Å². The van der Waals surface area contributed by atoms with Crippen molar-refractivity contribution in [2.24, 2.45) is 5.73 Å². The summed E-state index contributed by atoms with van der Waals surface area (Å²) in [4.78, 5) is 0. The highest BCUT2D eigenvalue weighted by molar-refractivity contribution is 5.22. The summed E-state index contributed by atoms with van der Waals surface area (Å²) >= 11 is 0. The van der Waals surface area contributed by atoms with E-state index in [1.54, 1.807) is 0 Å². The second-order valence-electron chi connectivity index (χ2n) is 3.33. The molecule has 0 saturated heterocycles. The molecule has 0 radical (unpaired) electrons. The van der Waals surface area contributed by atoms with E-state index in [4.69, 9.17) is 5.73 Å². The standard InChI is InChI=1S/C9H17N3/c1-6(5-10)12-9(4)7(2)8(3)11-12/h6H,5,10H2,1-4H3/t6-/m1/s1. The van der Waals surface area contributed by atoms with Gasteiger partial charge in [0.2, 0.25) is 0 Å². The molecule has 1 rings (SSSR count). The highest BCUT2D eigenvalue weighted by Gasteiger charge is 2.10. The molecular formula is C9H17N3. The Hall–Kier alpha value is -0.830. The van der Waals surface area contributed by atoms with Gasteiger partial charge in [0.1, 0.15) is 0 Å². The zero-order chi connectivity index (χ0) is 9.30. The van der Waals surface area contributed by atoms with Gasteiger partial charge in [-0.25, -0.2) is 0 Å². The summed E-state index contributed by atoms with van der Waals surface area (Å²) < 4.78 is 2.00. The highest BCUT2D eigenvalue weighted by atomic mass is 15.3. The maximum Gasteiger partial charge on any atom is 0.0625 e. The van der Waals surface area contributed by atoms with Crippen LogP contribution in [0.25, 0.3) is 0 Å². The molecule has 2 N–H and O–H groups in total. The van der Waals surface area contributed by atoms with Gasteiger partial charge in [-0.05, 0) is 33.3 Å². The van der Waals surface area contributed by atoms with Crippen LogP contribution in [0.15, 0.2) is 0 Å². The molecule has 0 saturated carbocycles. The van der Waals surface area contributed by atoms with Crippen molar-refractivity contribution in [3.05, 3.63) is 17.0 Å². The van der Waals surface area contributed by atoms with Crippen LogP contribution in [0.5, 0.6) is 0 Å². The van der Waals surface area contributed by atoms with Crippen molar-refractivity contribution in [3.63, 3.8) is 0 Å². The molecule has 1 heterocycles. The van der Waals surface area contributed by atoms with Crippen molar-refractivity contribution in [3.8, 4) is 0 Å². The fraction of sp³-hybridized carbons (Fsp3) is 0.667. The Balaban J connectivity index is 3.08. The van der Waals surface area contributed by atoms with Crippen molar-refractivity contribution < 1.29 is 0 Å². The monoisotopic (exact) mass is 167 g/mol. The Morgan fingerprint density at radius 2 is 2.00 bits per heavy atom. The molecule has 0 spiro atoms. The predicted octanol–water partition coefficient (Wildman–Crippen LogP) is 1.33. The molecule has 0 unspecified atom stereocenters. The second-order valence-corrected chi connectivity index (χ2v) is 3.33. The van der Waals surface area contributed by atoms with E-state index in [9.17, 15) is 0 Å². The van der Waals surface area contributed by atoms with Gasteiger partial charge in [-0.1, -0.05) is 0 Å². The Morgan fingerprint density at radius 1 is 1.42 bits per heavy atom. The largest absolute Gasteiger partial charge is 0.328 e. The summed E-state index contributed by atoms with van der Waals surface area (Å²) in [5.74, 6) is 0. The maximum absolute atomic E-state index is 5.57. The lowest BCUT2D eigenvalue weighted by Gasteiger charge is -2.11. The Labute approximate surface area is 73.6 Å². The summed E-state index contributed by atoms with van der Waals surface area (Å²) in [5.41, 5.74) is 9.18. The number of nitrogens with two attached hydrogens (primary N) is 1. The number of rotatable bonds is 2. The van der Waals surface area contributed by atoms with Crippen LogP contribution in [-0.2, 0) is 0 Å². The van der Waals surface area contributed by atoms with E-state index in [-0.39, 0.29) is 0 Å². The molecule has 3 nitrogen and oxygen atoms in total. The molecule has 1 aromatic rings. The number of hydrogen-bond acceptors (Lipinski definition) is 2. The van der Waals surface area contributed by atoms with E-state index in [0.29, 0.717) is 12.6 Å². The molecule has 1 atom stereocenters. The molecule has 0 aliphatic heterocycles. The van der Waals surface area contributed by atoms with Gasteiger partial charge < -0.3 is 5.73 Å². The number of aromatic nitrogens is 2. The summed E-state index contributed by atoms with van der Waals surface area (Å²) in [6.45, 7) is 8.93. The van der Waals surface area contributed by atoms with Crippen LogP contribution in [0.4, 0.5) is 0 Å². The fourth-order valence-electron chi connectivity index (χ4n) is 1.27. The molecule has 12 heavy (non-hydrogen) atoms. The number of hydrogen-bond donors (Lipinski definition) is 1. The van der Waals surface area contributed by atoms with E-state index < -0.39 is 0 Å². The van der Waals surface area contributed by atoms with Gasteiger partial charge in [-0.2, -0.15) is 5.10 Å². The Bertz CT molecular complexity index is 276. The van der Waals surface area contributed by atoms with E-state index >= 15 is 0 Å². The summed E-state index contributed by atoms with van der Waals surface area (Å²) in [6.07, 6.45) is 0. The van der Waals surface area contributed by atoms with Crippen molar-refractivity contribution in [2.75, 3.05) is 6.54 Å². The third-order valence-corrected chi connectivity index (χ3v) is 2.45. The molecule has 0 amide bonds. The minimum atomic E-state index is 0.303. The van der Waals surface area contributed by atoms with E-state index in [1.807, 2.05) is 11.6 Å². The third-order valence-electron chi connectivity index (χ3n) is 2.45. The number of aryl methyl sites for hydroxylation is 1. The van der Waals surface area contributed by atoms with Crippen LogP contribution in [0.3, 0.4) is 0 Å². The van der Waals surface area contributed by atoms with Crippen LogP contribution in [0.2, 0.25) is 0 Å². The van der Waals surface area contributed by atoms with Gasteiger partial charge >= 0.3 is 0 Å². The molecule has 0 aliphatic carbocycles. The molecule has 0 aromatic carbocycles. The minimum Gasteiger partial charge on any atom is -0.328 e. The zero-order valence-corrected chi connectivity index (χ0v) is 8.26. The average molecular weight is 167 g/mol. The fourth-order valence-corrected chi connectivity index (χ4v) is 1.27. The molecular weight excluding hydrogens is 150 g/mol. The van der Waals surface area contributed by atoms with Crippen molar-refractivity contribution >= 4 is 0 Å². The molecule has 68 valence electrons. The van der Waals surface area contributed by atoms with E-state index in [2.05, 4.69) is 25.9 Å². The summed E-state index contributed by atoms with van der Waals surface area (Å²) in [6, 6.07) is 0.303. The van der Waals surface area contributed by atoms with Gasteiger partial charge in [0, 0.05) is 12.2 Å². The van der Waals surface area contributed by atoms with Crippen molar-refractivity contribution in [1.82, 2.24) is 9.78 Å². The maximum atomic E-state index is 5.57. The topological polar surface area (TPSA) is 43.8 Å². The van der Waals surface area contributed by atoms with Crippen LogP contribution in [0, 0.1) is 20.8 Å². The van der Waals surface area contributed by atoms with E-state index in [1.165, 1.54) is 11.3 Å². The zero-order valence-electron chi connectivity index (χ0n) is 8.26. The van der Waals surface area contributed by atoms with Gasteiger partial charge in [-0.15, -0.1) is 0 Å². The Morgan fingerprint density at radius 3 is 2.33 bits per heavy atom. The quantitative estimate of drug-likeness (QED) is 0.722. The van der Waals surface area contributed by atoms with Crippen LogP contribution in [0.1, 0.15) is 29.9 Å². The number of nitrogens with zero attached hydrogens (tertiary/aromatic N) is 2. The molecule has 3 heteroatoms. The first-order valence-corrected chi connectivity index (χ1v) is 4.30. The minimum absolute atomic E-state index is 0.303. The Kier molecular flexibility index (Phi) is 2.52. The summed E-state index contributed by atoms with van der Waals surface area (Å²) in [7, 11) is 0. The molecule has 0 fully saturated rings. The third kappa shape index (κ3) is 1.37.